The lowest BCUT2D eigenvalue weighted by atomic mass is 10.1. The van der Waals surface area contributed by atoms with Gasteiger partial charge in [-0.3, -0.25) is 0 Å². The summed E-state index contributed by atoms with van der Waals surface area (Å²) >= 11 is 1.61. The number of aliphatic hydroxyl groups is 1. The monoisotopic (exact) mass is 432 g/mol. The second kappa shape index (κ2) is 4.90. The van der Waals surface area contributed by atoms with Crippen molar-refractivity contribution in [1.29, 1.82) is 0 Å². The van der Waals surface area contributed by atoms with Gasteiger partial charge < -0.3 is 9.84 Å². The fourth-order valence-electron chi connectivity index (χ4n) is 2.29. The number of hydrogen-bond donors (Lipinski definition) is 1. The third kappa shape index (κ3) is 2.86. The lowest BCUT2D eigenvalue weighted by molar-refractivity contribution is -0.133. The standard InChI is InChI=1S/C11H13IO6S2/c1-19(14,15)10(20(2,16)17)9-7-5-3-4-6-8(7)11(12,13)18-9/h3-6,9-10,13H,1-2H3. The third-order valence-electron chi connectivity index (χ3n) is 2.97. The summed E-state index contributed by atoms with van der Waals surface area (Å²) in [6.07, 6.45) is 0.433. The van der Waals surface area contributed by atoms with Gasteiger partial charge in [-0.2, -0.15) is 0 Å². The van der Waals surface area contributed by atoms with Gasteiger partial charge in [-0.1, -0.05) is 24.3 Å². The molecule has 0 fully saturated rings. The summed E-state index contributed by atoms with van der Waals surface area (Å²) in [5.74, 6) is 0. The van der Waals surface area contributed by atoms with Crippen molar-refractivity contribution in [2.24, 2.45) is 0 Å². The quantitative estimate of drug-likeness (QED) is 0.558. The van der Waals surface area contributed by atoms with Gasteiger partial charge in [0.05, 0.1) is 0 Å². The van der Waals surface area contributed by atoms with Gasteiger partial charge in [0.25, 0.3) is 0 Å². The Hall–Kier alpha value is -0.230. The number of hydrogen-bond acceptors (Lipinski definition) is 6. The van der Waals surface area contributed by atoms with E-state index in [2.05, 4.69) is 0 Å². The SMILES string of the molecule is CS(=O)(=O)C(C1OC(O)(I)c2ccccc21)S(C)(=O)=O. The first-order valence-electron chi connectivity index (χ1n) is 5.51. The largest absolute Gasteiger partial charge is 0.354 e. The molecule has 9 heteroatoms. The molecule has 0 radical (unpaired) electrons. The summed E-state index contributed by atoms with van der Waals surface area (Å²) in [6.45, 7) is 0. The number of fused-ring (bicyclic) bond motifs is 1. The number of sulfone groups is 2. The molecule has 0 saturated heterocycles. The zero-order valence-electron chi connectivity index (χ0n) is 10.6. The molecule has 2 atom stereocenters. The van der Waals surface area contributed by atoms with Crippen LogP contribution in [0.3, 0.4) is 0 Å². The number of benzene rings is 1. The summed E-state index contributed by atoms with van der Waals surface area (Å²) in [6, 6.07) is 6.42. The van der Waals surface area contributed by atoms with Crippen LogP contribution in [0.2, 0.25) is 0 Å². The molecule has 0 spiro atoms. The zero-order valence-corrected chi connectivity index (χ0v) is 14.4. The van der Waals surface area contributed by atoms with Gasteiger partial charge in [0.15, 0.2) is 24.3 Å². The van der Waals surface area contributed by atoms with Gasteiger partial charge in [-0.05, 0) is 28.2 Å². The highest BCUT2D eigenvalue weighted by atomic mass is 127. The molecule has 0 saturated carbocycles. The van der Waals surface area contributed by atoms with E-state index in [0.717, 1.165) is 12.5 Å². The average Bonchev–Trinajstić information content (AvgIpc) is 2.48. The molecule has 0 amide bonds. The van der Waals surface area contributed by atoms with E-state index < -0.39 is 34.2 Å². The van der Waals surface area contributed by atoms with Crippen molar-refractivity contribution in [3.05, 3.63) is 35.4 Å². The Morgan fingerprint density at radius 2 is 1.70 bits per heavy atom. The van der Waals surface area contributed by atoms with E-state index in [1.165, 1.54) is 0 Å². The van der Waals surface area contributed by atoms with Crippen molar-refractivity contribution in [3.8, 4) is 0 Å². The fourth-order valence-corrected chi connectivity index (χ4v) is 6.90. The van der Waals surface area contributed by atoms with Gasteiger partial charge >= 0.3 is 0 Å². The molecule has 2 unspecified atom stereocenters. The van der Waals surface area contributed by atoms with E-state index in [9.17, 15) is 21.9 Å². The molecular formula is C11H13IO6S2. The highest BCUT2D eigenvalue weighted by Crippen LogP contribution is 2.49. The first-order valence-corrected chi connectivity index (χ1v) is 10.5. The predicted molar refractivity (Wildman–Crippen MR) is 81.7 cm³/mol. The molecule has 2 rings (SSSR count). The second-order valence-electron chi connectivity index (χ2n) is 4.71. The van der Waals surface area contributed by atoms with Crippen LogP contribution >= 0.6 is 22.6 Å². The van der Waals surface area contributed by atoms with Gasteiger partial charge in [0, 0.05) is 18.1 Å². The van der Waals surface area contributed by atoms with Crippen LogP contribution in [0.4, 0.5) is 0 Å². The number of ether oxygens (including phenoxy) is 1. The number of rotatable bonds is 3. The Kier molecular flexibility index (Phi) is 3.96. The minimum atomic E-state index is -3.93. The summed E-state index contributed by atoms with van der Waals surface area (Å²) < 4.78 is 49.2. The van der Waals surface area contributed by atoms with Crippen LogP contribution in [0.15, 0.2) is 24.3 Å². The van der Waals surface area contributed by atoms with Crippen LogP contribution < -0.4 is 0 Å². The van der Waals surface area contributed by atoms with Crippen LogP contribution in [0.1, 0.15) is 17.2 Å². The first kappa shape index (κ1) is 16.1. The lowest BCUT2D eigenvalue weighted by Gasteiger charge is -2.22. The zero-order chi connectivity index (χ0) is 15.3. The van der Waals surface area contributed by atoms with E-state index >= 15 is 0 Å². The minimum absolute atomic E-state index is 0.364. The number of halogens is 1. The van der Waals surface area contributed by atoms with Gasteiger partial charge in [-0.15, -0.1) is 0 Å². The molecule has 20 heavy (non-hydrogen) atoms. The highest BCUT2D eigenvalue weighted by Gasteiger charge is 2.51. The summed E-state index contributed by atoms with van der Waals surface area (Å²) in [5.41, 5.74) is 0.730. The molecule has 0 aliphatic carbocycles. The van der Waals surface area contributed by atoms with E-state index in [1.54, 1.807) is 46.9 Å². The van der Waals surface area contributed by atoms with E-state index in [4.69, 9.17) is 4.74 Å². The number of alkyl halides is 1. The molecule has 0 aromatic heterocycles. The highest BCUT2D eigenvalue weighted by molar-refractivity contribution is 14.1. The average molecular weight is 432 g/mol. The van der Waals surface area contributed by atoms with Crippen molar-refractivity contribution in [1.82, 2.24) is 0 Å². The molecule has 1 aromatic carbocycles. The third-order valence-corrected chi connectivity index (χ3v) is 8.09. The minimum Gasteiger partial charge on any atom is -0.354 e. The van der Waals surface area contributed by atoms with Crippen LogP contribution in [0, 0.1) is 0 Å². The Morgan fingerprint density at radius 1 is 1.20 bits per heavy atom. The second-order valence-corrected chi connectivity index (χ2v) is 10.8. The Bertz CT molecular complexity index is 706. The van der Waals surface area contributed by atoms with Crippen LogP contribution in [-0.4, -0.2) is 39.0 Å². The molecule has 1 heterocycles. The fraction of sp³-hybridized carbons (Fsp3) is 0.455. The van der Waals surface area contributed by atoms with Crippen molar-refractivity contribution >= 4 is 42.3 Å². The molecule has 1 N–H and O–H groups in total. The van der Waals surface area contributed by atoms with Gasteiger partial charge in [-0.25, -0.2) is 16.8 Å². The molecule has 6 nitrogen and oxygen atoms in total. The Labute approximate surface area is 131 Å². The maximum Gasteiger partial charge on any atom is 0.247 e. The molecule has 1 aliphatic heterocycles. The Morgan fingerprint density at radius 3 is 2.20 bits per heavy atom. The lowest BCUT2D eigenvalue weighted by Crippen LogP contribution is -2.35. The molecule has 0 bridgehead atoms. The predicted octanol–water partition coefficient (Wildman–Crippen LogP) is 0.711. The van der Waals surface area contributed by atoms with Crippen molar-refractivity contribution < 1.29 is 26.7 Å². The van der Waals surface area contributed by atoms with Crippen LogP contribution in [0.25, 0.3) is 0 Å². The van der Waals surface area contributed by atoms with Crippen LogP contribution in [0.5, 0.6) is 0 Å². The first-order chi connectivity index (χ1) is 8.94. The topological polar surface area (TPSA) is 97.7 Å². The molecule has 112 valence electrons. The van der Waals surface area contributed by atoms with E-state index in [1.807, 2.05) is 0 Å². The summed E-state index contributed by atoms with van der Waals surface area (Å²) in [7, 11) is -7.85. The maximum absolute atomic E-state index is 11.8. The van der Waals surface area contributed by atoms with E-state index in [0.29, 0.717) is 11.1 Å². The smallest absolute Gasteiger partial charge is 0.247 e. The van der Waals surface area contributed by atoms with Gasteiger partial charge in [0.2, 0.25) is 3.79 Å². The summed E-state index contributed by atoms with van der Waals surface area (Å²) in [4.78, 5) is 0. The van der Waals surface area contributed by atoms with Crippen molar-refractivity contribution in [2.45, 2.75) is 14.5 Å². The Balaban J connectivity index is 2.65. The molecule has 1 aromatic rings. The maximum atomic E-state index is 11.8. The van der Waals surface area contributed by atoms with Crippen molar-refractivity contribution in [3.63, 3.8) is 0 Å². The van der Waals surface area contributed by atoms with Crippen LogP contribution in [-0.2, 0) is 28.2 Å². The summed E-state index contributed by atoms with van der Waals surface area (Å²) in [5, 5.41) is 10.2. The molecular weight excluding hydrogens is 419 g/mol. The molecule has 1 aliphatic rings. The van der Waals surface area contributed by atoms with Crippen molar-refractivity contribution in [2.75, 3.05) is 12.5 Å². The van der Waals surface area contributed by atoms with E-state index in [-0.39, 0.29) is 0 Å². The van der Waals surface area contributed by atoms with Gasteiger partial charge in [0.1, 0.15) is 6.10 Å². The normalized spacial score (nSPS) is 26.8.